The van der Waals surface area contributed by atoms with Crippen molar-refractivity contribution in [1.29, 1.82) is 0 Å². The predicted molar refractivity (Wildman–Crippen MR) is 117 cm³/mol. The van der Waals surface area contributed by atoms with E-state index in [-0.39, 0.29) is 36.6 Å². The van der Waals surface area contributed by atoms with Crippen LogP contribution in [0.25, 0.3) is 0 Å². The van der Waals surface area contributed by atoms with Gasteiger partial charge in [-0.1, -0.05) is 36.2 Å². The van der Waals surface area contributed by atoms with Crippen molar-refractivity contribution >= 4 is 17.7 Å². The summed E-state index contributed by atoms with van der Waals surface area (Å²) in [4.78, 5) is 12.0. The normalized spacial score (nSPS) is 22.8. The molecule has 0 aliphatic heterocycles. The van der Waals surface area contributed by atoms with E-state index in [0.29, 0.717) is 16.9 Å². The molecule has 31 heavy (non-hydrogen) atoms. The number of rotatable bonds is 9. The molecule has 1 amide bonds. The highest BCUT2D eigenvalue weighted by atomic mass is 32.2. The fourth-order valence-electron chi connectivity index (χ4n) is 5.02. The van der Waals surface area contributed by atoms with Crippen LogP contribution in [0.4, 0.5) is 4.39 Å². The Morgan fingerprint density at radius 1 is 1.39 bits per heavy atom. The van der Waals surface area contributed by atoms with Crippen LogP contribution in [-0.2, 0) is 11.4 Å². The van der Waals surface area contributed by atoms with Crippen LogP contribution in [0, 0.1) is 35.9 Å². The molecule has 1 N–H and O–H groups in total. The Bertz CT molecular complexity index is 973. The zero-order valence-corrected chi connectivity index (χ0v) is 18.4. The maximum absolute atomic E-state index is 14.0. The number of carbonyl (C=O) groups excluding carboxylic acids is 1. The van der Waals surface area contributed by atoms with Gasteiger partial charge in [-0.05, 0) is 56.1 Å². The van der Waals surface area contributed by atoms with Gasteiger partial charge in [0.15, 0.2) is 22.5 Å². The van der Waals surface area contributed by atoms with Crippen molar-refractivity contribution in [3.63, 3.8) is 0 Å². The van der Waals surface area contributed by atoms with E-state index in [2.05, 4.69) is 32.9 Å². The number of thioether (sulfide) groups is 1. The summed E-state index contributed by atoms with van der Waals surface area (Å²) >= 11 is 1.34. The van der Waals surface area contributed by atoms with E-state index in [4.69, 9.17) is 11.2 Å². The third kappa shape index (κ3) is 4.87. The van der Waals surface area contributed by atoms with Gasteiger partial charge in [-0.2, -0.15) is 0 Å². The first-order valence-corrected chi connectivity index (χ1v) is 11.7. The van der Waals surface area contributed by atoms with E-state index in [1.54, 1.807) is 18.2 Å². The number of para-hydroxylation sites is 1. The Labute approximate surface area is 186 Å². The number of fused-ring (bicyclic) bond motifs is 2. The van der Waals surface area contributed by atoms with Crippen LogP contribution in [0.1, 0.15) is 44.5 Å². The summed E-state index contributed by atoms with van der Waals surface area (Å²) in [7, 11) is 0. The van der Waals surface area contributed by atoms with E-state index >= 15 is 0 Å². The zero-order chi connectivity index (χ0) is 21.8. The summed E-state index contributed by atoms with van der Waals surface area (Å²) < 4.78 is 21.8. The average molecular weight is 443 g/mol. The summed E-state index contributed by atoms with van der Waals surface area (Å²) in [5.41, 5.74) is 0. The van der Waals surface area contributed by atoms with Crippen molar-refractivity contribution < 1.29 is 13.9 Å². The molecule has 0 saturated heterocycles. The maximum Gasteiger partial charge on any atom is 0.231 e. The van der Waals surface area contributed by atoms with Crippen molar-refractivity contribution in [3.8, 4) is 18.1 Å². The number of nitrogens with zero attached hydrogens (tertiary/aromatic N) is 3. The molecule has 164 valence electrons. The van der Waals surface area contributed by atoms with Crippen molar-refractivity contribution in [3.05, 3.63) is 35.9 Å². The molecule has 2 aliphatic carbocycles. The van der Waals surface area contributed by atoms with Crippen LogP contribution in [-0.4, -0.2) is 33.0 Å². The van der Waals surface area contributed by atoms with Gasteiger partial charge < -0.3 is 10.1 Å². The second-order valence-corrected chi connectivity index (χ2v) is 9.28. The summed E-state index contributed by atoms with van der Waals surface area (Å²) in [5.74, 6) is 4.97. The topological polar surface area (TPSA) is 69.0 Å². The number of hydrogen-bond acceptors (Lipinski definition) is 5. The lowest BCUT2D eigenvalue weighted by atomic mass is 9.84. The molecule has 2 aromatic rings. The zero-order valence-electron chi connectivity index (χ0n) is 17.6. The molecule has 6 nitrogen and oxygen atoms in total. The van der Waals surface area contributed by atoms with Gasteiger partial charge in [0.25, 0.3) is 0 Å². The fourth-order valence-corrected chi connectivity index (χ4v) is 5.90. The molecule has 2 saturated carbocycles. The summed E-state index contributed by atoms with van der Waals surface area (Å²) in [5, 5.41) is 12.0. The molecule has 2 aliphatic rings. The second kappa shape index (κ2) is 9.73. The lowest BCUT2D eigenvalue weighted by Crippen LogP contribution is -2.26. The molecule has 2 bridgehead atoms. The molecular weight excluding hydrogens is 415 g/mol. The number of halogens is 1. The standard InChI is InChI=1S/C23H27FN4O2S/c1-3-10-25-22(29)14-31-23-27-26-21(13-30-20-7-5-4-6-19(20)24)28(23)15(2)18-12-16-8-9-17(18)11-16/h1,4-7,15-18H,8-14H2,2H3,(H,25,29). The number of aromatic nitrogens is 3. The minimum absolute atomic E-state index is 0.114. The lowest BCUT2D eigenvalue weighted by Gasteiger charge is -2.30. The van der Waals surface area contributed by atoms with Gasteiger partial charge in [0.2, 0.25) is 5.91 Å². The van der Waals surface area contributed by atoms with Crippen LogP contribution in [0.5, 0.6) is 5.75 Å². The highest BCUT2D eigenvalue weighted by Crippen LogP contribution is 2.52. The smallest absolute Gasteiger partial charge is 0.231 e. The molecule has 4 rings (SSSR count). The Morgan fingerprint density at radius 2 is 2.23 bits per heavy atom. The number of terminal acetylenes is 1. The third-order valence-electron chi connectivity index (χ3n) is 6.47. The van der Waals surface area contributed by atoms with Gasteiger partial charge >= 0.3 is 0 Å². The summed E-state index contributed by atoms with van der Waals surface area (Å²) in [6.07, 6.45) is 10.3. The van der Waals surface area contributed by atoms with Gasteiger partial charge in [0, 0.05) is 6.04 Å². The average Bonchev–Trinajstić information content (AvgIpc) is 3.51. The Hall–Kier alpha value is -2.53. The molecule has 4 atom stereocenters. The number of amides is 1. The van der Waals surface area contributed by atoms with Crippen LogP contribution in [0.2, 0.25) is 0 Å². The molecule has 1 heterocycles. The molecule has 8 heteroatoms. The van der Waals surface area contributed by atoms with Gasteiger partial charge in [0.1, 0.15) is 6.61 Å². The Kier molecular flexibility index (Phi) is 6.81. The largest absolute Gasteiger partial charge is 0.483 e. The molecule has 1 aromatic heterocycles. The highest BCUT2D eigenvalue weighted by molar-refractivity contribution is 7.99. The monoisotopic (exact) mass is 442 g/mol. The lowest BCUT2D eigenvalue weighted by molar-refractivity contribution is -0.118. The van der Waals surface area contributed by atoms with Crippen molar-refractivity contribution in [1.82, 2.24) is 20.1 Å². The van der Waals surface area contributed by atoms with Gasteiger partial charge in [0.05, 0.1) is 12.3 Å². The number of nitrogens with one attached hydrogen (secondary N) is 1. The van der Waals surface area contributed by atoms with E-state index in [0.717, 1.165) is 11.8 Å². The van der Waals surface area contributed by atoms with Crippen LogP contribution in [0.3, 0.4) is 0 Å². The Balaban J connectivity index is 1.52. The predicted octanol–water partition coefficient (Wildman–Crippen LogP) is 3.83. The number of carbonyl (C=O) groups is 1. The van der Waals surface area contributed by atoms with Gasteiger partial charge in [-0.25, -0.2) is 4.39 Å². The molecule has 0 radical (unpaired) electrons. The first-order chi connectivity index (χ1) is 15.1. The third-order valence-corrected chi connectivity index (χ3v) is 7.41. The van der Waals surface area contributed by atoms with Crippen molar-refractivity contribution in [2.45, 2.75) is 50.4 Å². The van der Waals surface area contributed by atoms with E-state index in [9.17, 15) is 9.18 Å². The van der Waals surface area contributed by atoms with Crippen molar-refractivity contribution in [2.24, 2.45) is 17.8 Å². The van der Waals surface area contributed by atoms with E-state index in [1.807, 2.05) is 0 Å². The fraction of sp³-hybridized carbons (Fsp3) is 0.522. The van der Waals surface area contributed by atoms with E-state index in [1.165, 1.54) is 43.5 Å². The molecule has 0 spiro atoms. The van der Waals surface area contributed by atoms with Crippen LogP contribution in [0.15, 0.2) is 29.4 Å². The second-order valence-electron chi connectivity index (χ2n) is 8.34. The summed E-state index contributed by atoms with van der Waals surface area (Å²) in [6.45, 7) is 2.52. The number of hydrogen-bond donors (Lipinski definition) is 1. The van der Waals surface area contributed by atoms with Gasteiger partial charge in [-0.3, -0.25) is 9.36 Å². The van der Waals surface area contributed by atoms with E-state index < -0.39 is 5.82 Å². The highest BCUT2D eigenvalue weighted by Gasteiger charge is 2.43. The molecule has 1 aromatic carbocycles. The first kappa shape index (κ1) is 21.7. The Morgan fingerprint density at radius 3 is 2.94 bits per heavy atom. The maximum atomic E-state index is 14.0. The molecule has 2 fully saturated rings. The number of ether oxygens (including phenoxy) is 1. The minimum atomic E-state index is -0.408. The van der Waals surface area contributed by atoms with Gasteiger partial charge in [-0.15, -0.1) is 16.6 Å². The van der Waals surface area contributed by atoms with Crippen LogP contribution >= 0.6 is 11.8 Å². The van der Waals surface area contributed by atoms with Crippen LogP contribution < -0.4 is 10.1 Å². The minimum Gasteiger partial charge on any atom is -0.483 e. The first-order valence-electron chi connectivity index (χ1n) is 10.7. The quantitative estimate of drug-likeness (QED) is 0.472. The van der Waals surface area contributed by atoms with Crippen molar-refractivity contribution in [2.75, 3.05) is 12.3 Å². The molecule has 4 unspecified atom stereocenters. The number of benzene rings is 1. The SMILES string of the molecule is C#CCNC(=O)CSc1nnc(COc2ccccc2F)n1C(C)C1CC2CCC1C2. The summed E-state index contributed by atoms with van der Waals surface area (Å²) in [6, 6.07) is 6.51. The molecular formula is C23H27FN4O2S.